The van der Waals surface area contributed by atoms with Gasteiger partial charge in [0, 0.05) is 12.7 Å². The lowest BCUT2D eigenvalue weighted by Crippen LogP contribution is -2.17. The molecule has 0 fully saturated rings. The standard InChI is InChI=1S/C14H12BrF3N2O/c1-9-12(3-2-6-19-9)20-8-10-4-5-13(11(15)7-10)21-14(16,17)18/h2-7,20H,8H2,1H3. The molecule has 0 amide bonds. The average Bonchev–Trinajstić information content (AvgIpc) is 2.39. The molecule has 112 valence electrons. The highest BCUT2D eigenvalue weighted by Crippen LogP contribution is 2.31. The van der Waals surface area contributed by atoms with E-state index in [0.29, 0.717) is 6.54 Å². The molecule has 1 aromatic carbocycles. The lowest BCUT2D eigenvalue weighted by Gasteiger charge is -2.12. The van der Waals surface area contributed by atoms with Crippen molar-refractivity contribution in [3.05, 3.63) is 52.3 Å². The van der Waals surface area contributed by atoms with Crippen molar-refractivity contribution in [2.75, 3.05) is 5.32 Å². The second-order valence-corrected chi connectivity index (χ2v) is 5.16. The summed E-state index contributed by atoms with van der Waals surface area (Å²) in [5, 5.41) is 3.18. The quantitative estimate of drug-likeness (QED) is 0.860. The fraction of sp³-hybridized carbons (Fsp3) is 0.214. The van der Waals surface area contributed by atoms with E-state index < -0.39 is 6.36 Å². The van der Waals surface area contributed by atoms with Crippen LogP contribution in [-0.4, -0.2) is 11.3 Å². The molecule has 2 rings (SSSR count). The molecule has 1 heterocycles. The number of rotatable bonds is 4. The van der Waals surface area contributed by atoms with Crippen molar-refractivity contribution in [3.63, 3.8) is 0 Å². The van der Waals surface area contributed by atoms with Crippen LogP contribution in [0.5, 0.6) is 5.75 Å². The molecular formula is C14H12BrF3N2O. The Kier molecular flexibility index (Phi) is 4.72. The molecule has 0 saturated heterocycles. The maximum absolute atomic E-state index is 12.2. The number of hydrogen-bond donors (Lipinski definition) is 1. The topological polar surface area (TPSA) is 34.2 Å². The van der Waals surface area contributed by atoms with Crippen molar-refractivity contribution < 1.29 is 17.9 Å². The van der Waals surface area contributed by atoms with E-state index in [9.17, 15) is 13.2 Å². The predicted octanol–water partition coefficient (Wildman–Crippen LogP) is 4.66. The molecule has 0 atom stereocenters. The summed E-state index contributed by atoms with van der Waals surface area (Å²) in [6.45, 7) is 2.34. The third-order valence-corrected chi connectivity index (χ3v) is 3.33. The molecule has 0 bridgehead atoms. The van der Waals surface area contributed by atoms with E-state index in [1.54, 1.807) is 18.3 Å². The van der Waals surface area contributed by atoms with Crippen LogP contribution in [-0.2, 0) is 6.54 Å². The molecule has 0 radical (unpaired) electrons. The summed E-state index contributed by atoms with van der Waals surface area (Å²) in [6.07, 6.45) is -3.00. The molecule has 2 aromatic rings. The van der Waals surface area contributed by atoms with Gasteiger partial charge in [-0.1, -0.05) is 6.07 Å². The van der Waals surface area contributed by atoms with Gasteiger partial charge >= 0.3 is 6.36 Å². The first kappa shape index (κ1) is 15.6. The number of anilines is 1. The minimum absolute atomic E-state index is 0.252. The molecule has 0 aliphatic rings. The summed E-state index contributed by atoms with van der Waals surface area (Å²) in [5.41, 5.74) is 2.55. The minimum Gasteiger partial charge on any atom is -0.405 e. The van der Waals surface area contributed by atoms with Gasteiger partial charge in [0.1, 0.15) is 5.75 Å². The first-order valence-electron chi connectivity index (χ1n) is 6.05. The molecule has 0 aliphatic carbocycles. The van der Waals surface area contributed by atoms with E-state index in [2.05, 4.69) is 31.0 Å². The number of ether oxygens (including phenoxy) is 1. The van der Waals surface area contributed by atoms with Crippen LogP contribution in [0.25, 0.3) is 0 Å². The number of pyridine rings is 1. The maximum Gasteiger partial charge on any atom is 0.573 e. The van der Waals surface area contributed by atoms with Crippen LogP contribution < -0.4 is 10.1 Å². The van der Waals surface area contributed by atoms with E-state index in [1.807, 2.05) is 19.1 Å². The normalized spacial score (nSPS) is 11.3. The van der Waals surface area contributed by atoms with Gasteiger partial charge in [-0.25, -0.2) is 0 Å². The zero-order valence-electron chi connectivity index (χ0n) is 11.0. The minimum atomic E-state index is -4.70. The Balaban J connectivity index is 2.05. The van der Waals surface area contributed by atoms with Crippen LogP contribution in [0.4, 0.5) is 18.9 Å². The summed E-state index contributed by atoms with van der Waals surface area (Å²) in [7, 11) is 0. The van der Waals surface area contributed by atoms with Crippen LogP contribution in [0.15, 0.2) is 41.0 Å². The van der Waals surface area contributed by atoms with E-state index in [-0.39, 0.29) is 10.2 Å². The molecule has 0 saturated carbocycles. The molecule has 0 spiro atoms. The van der Waals surface area contributed by atoms with Gasteiger partial charge in [0.15, 0.2) is 0 Å². The lowest BCUT2D eigenvalue weighted by molar-refractivity contribution is -0.274. The van der Waals surface area contributed by atoms with Crippen LogP contribution in [0.3, 0.4) is 0 Å². The number of hydrogen-bond acceptors (Lipinski definition) is 3. The average molecular weight is 361 g/mol. The second-order valence-electron chi connectivity index (χ2n) is 4.30. The van der Waals surface area contributed by atoms with Gasteiger partial charge in [0.2, 0.25) is 0 Å². The van der Waals surface area contributed by atoms with Gasteiger partial charge in [-0.05, 0) is 52.7 Å². The summed E-state index contributed by atoms with van der Waals surface area (Å²) in [4.78, 5) is 4.15. The van der Waals surface area contributed by atoms with Gasteiger partial charge in [-0.15, -0.1) is 13.2 Å². The Hall–Kier alpha value is -1.76. The number of aryl methyl sites for hydroxylation is 1. The van der Waals surface area contributed by atoms with Crippen molar-refractivity contribution in [2.45, 2.75) is 19.8 Å². The van der Waals surface area contributed by atoms with E-state index in [0.717, 1.165) is 16.9 Å². The lowest BCUT2D eigenvalue weighted by atomic mass is 10.2. The van der Waals surface area contributed by atoms with Crippen LogP contribution >= 0.6 is 15.9 Å². The fourth-order valence-corrected chi connectivity index (χ4v) is 2.24. The van der Waals surface area contributed by atoms with E-state index in [1.165, 1.54) is 6.07 Å². The van der Waals surface area contributed by atoms with Crippen LogP contribution in [0, 0.1) is 6.92 Å². The molecule has 21 heavy (non-hydrogen) atoms. The number of alkyl halides is 3. The highest BCUT2D eigenvalue weighted by molar-refractivity contribution is 9.10. The Morgan fingerprint density at radius 3 is 2.67 bits per heavy atom. The predicted molar refractivity (Wildman–Crippen MR) is 77.1 cm³/mol. The summed E-state index contributed by atoms with van der Waals surface area (Å²) in [6, 6.07) is 8.14. The molecular weight excluding hydrogens is 349 g/mol. The maximum atomic E-state index is 12.2. The second kappa shape index (κ2) is 6.34. The van der Waals surface area contributed by atoms with Gasteiger partial charge in [0.05, 0.1) is 15.9 Å². The summed E-state index contributed by atoms with van der Waals surface area (Å²) >= 11 is 3.08. The molecule has 0 aliphatic heterocycles. The van der Waals surface area contributed by atoms with Crippen LogP contribution in [0.1, 0.15) is 11.3 Å². The monoisotopic (exact) mass is 360 g/mol. The Morgan fingerprint density at radius 1 is 1.29 bits per heavy atom. The van der Waals surface area contributed by atoms with Crippen molar-refractivity contribution >= 4 is 21.6 Å². The van der Waals surface area contributed by atoms with Crippen LogP contribution in [0.2, 0.25) is 0 Å². The molecule has 3 nitrogen and oxygen atoms in total. The highest BCUT2D eigenvalue weighted by atomic mass is 79.9. The molecule has 7 heteroatoms. The molecule has 0 unspecified atom stereocenters. The third kappa shape index (κ3) is 4.63. The van der Waals surface area contributed by atoms with Crippen molar-refractivity contribution in [3.8, 4) is 5.75 Å². The zero-order chi connectivity index (χ0) is 15.5. The summed E-state index contributed by atoms with van der Waals surface area (Å²) < 4.78 is 40.7. The van der Waals surface area contributed by atoms with Crippen molar-refractivity contribution in [1.82, 2.24) is 4.98 Å². The SMILES string of the molecule is Cc1ncccc1NCc1ccc(OC(F)(F)F)c(Br)c1. The van der Waals surface area contributed by atoms with E-state index >= 15 is 0 Å². The largest absolute Gasteiger partial charge is 0.573 e. The third-order valence-electron chi connectivity index (χ3n) is 2.71. The Morgan fingerprint density at radius 2 is 2.05 bits per heavy atom. The number of nitrogens with one attached hydrogen (secondary N) is 1. The van der Waals surface area contributed by atoms with E-state index in [4.69, 9.17) is 0 Å². The van der Waals surface area contributed by atoms with Crippen molar-refractivity contribution in [2.24, 2.45) is 0 Å². The Bertz CT molecular complexity index is 632. The van der Waals surface area contributed by atoms with Gasteiger partial charge in [0.25, 0.3) is 0 Å². The first-order valence-corrected chi connectivity index (χ1v) is 6.84. The number of aromatic nitrogens is 1. The van der Waals surface area contributed by atoms with Gasteiger partial charge in [-0.3, -0.25) is 4.98 Å². The highest BCUT2D eigenvalue weighted by Gasteiger charge is 2.31. The fourth-order valence-electron chi connectivity index (χ4n) is 1.73. The number of nitrogens with zero attached hydrogens (tertiary/aromatic N) is 1. The van der Waals surface area contributed by atoms with Gasteiger partial charge < -0.3 is 10.1 Å². The Labute approximate surface area is 128 Å². The zero-order valence-corrected chi connectivity index (χ0v) is 12.6. The molecule has 1 N–H and O–H groups in total. The first-order chi connectivity index (χ1) is 9.85. The van der Waals surface area contributed by atoms with Gasteiger partial charge in [-0.2, -0.15) is 0 Å². The molecule has 1 aromatic heterocycles. The summed E-state index contributed by atoms with van der Waals surface area (Å²) in [5.74, 6) is -0.260. The number of benzene rings is 1. The van der Waals surface area contributed by atoms with Crippen molar-refractivity contribution in [1.29, 1.82) is 0 Å². The smallest absolute Gasteiger partial charge is 0.405 e. The number of halogens is 4.